The number of halogens is 1. The first-order chi connectivity index (χ1) is 8.43. The predicted molar refractivity (Wildman–Crippen MR) is 75.0 cm³/mol. The average molecular weight is 336 g/mol. The number of aliphatic hydroxyl groups excluding tert-OH is 1. The highest BCUT2D eigenvalue weighted by Gasteiger charge is 2.23. The summed E-state index contributed by atoms with van der Waals surface area (Å²) >= 11 is 3.33. The van der Waals surface area contributed by atoms with Crippen LogP contribution in [0.3, 0.4) is 0 Å². The second-order valence-electron chi connectivity index (χ2n) is 4.04. The third kappa shape index (κ3) is 3.54. The second kappa shape index (κ2) is 6.65. The molecule has 0 aliphatic carbocycles. The van der Waals surface area contributed by atoms with E-state index in [9.17, 15) is 8.42 Å². The van der Waals surface area contributed by atoms with Gasteiger partial charge < -0.3 is 5.11 Å². The standard InChI is InChI=1S/C12H18BrNO3S/c1-3-6-14(7-8-15)18(16,17)11-5-4-10(2)12(13)9-11/h4-5,9,15H,3,6-8H2,1-2H3. The minimum absolute atomic E-state index is 0.127. The van der Waals surface area contributed by atoms with E-state index in [1.165, 1.54) is 4.31 Å². The molecule has 18 heavy (non-hydrogen) atoms. The lowest BCUT2D eigenvalue weighted by molar-refractivity contribution is 0.253. The third-order valence-corrected chi connectivity index (χ3v) is 5.35. The Bertz CT molecular complexity index is 496. The number of benzene rings is 1. The van der Waals surface area contributed by atoms with Crippen molar-refractivity contribution in [1.82, 2.24) is 4.31 Å². The van der Waals surface area contributed by atoms with Gasteiger partial charge in [0.25, 0.3) is 0 Å². The molecule has 0 spiro atoms. The highest BCUT2D eigenvalue weighted by molar-refractivity contribution is 9.10. The monoisotopic (exact) mass is 335 g/mol. The SMILES string of the molecule is CCCN(CCO)S(=O)(=O)c1ccc(C)c(Br)c1. The van der Waals surface area contributed by atoms with Crippen LogP contribution >= 0.6 is 15.9 Å². The molecule has 0 saturated carbocycles. The first-order valence-corrected chi connectivity index (χ1v) is 8.04. The molecule has 4 nitrogen and oxygen atoms in total. The van der Waals surface area contributed by atoms with Gasteiger partial charge in [-0.1, -0.05) is 28.9 Å². The van der Waals surface area contributed by atoms with Gasteiger partial charge in [-0.2, -0.15) is 4.31 Å². The fourth-order valence-electron chi connectivity index (χ4n) is 1.60. The maximum atomic E-state index is 12.4. The molecule has 1 aromatic carbocycles. The Balaban J connectivity index is 3.13. The molecule has 0 fully saturated rings. The van der Waals surface area contributed by atoms with Crippen LogP contribution in [0.4, 0.5) is 0 Å². The van der Waals surface area contributed by atoms with Gasteiger partial charge in [0.2, 0.25) is 10.0 Å². The summed E-state index contributed by atoms with van der Waals surface area (Å²) in [6.07, 6.45) is 0.715. The normalized spacial score (nSPS) is 12.1. The zero-order chi connectivity index (χ0) is 13.8. The van der Waals surface area contributed by atoms with Crippen molar-refractivity contribution in [2.45, 2.75) is 25.2 Å². The lowest BCUT2D eigenvalue weighted by atomic mass is 10.2. The van der Waals surface area contributed by atoms with Gasteiger partial charge in [-0.15, -0.1) is 0 Å². The van der Waals surface area contributed by atoms with Crippen LogP contribution in [-0.2, 0) is 10.0 Å². The first-order valence-electron chi connectivity index (χ1n) is 5.80. The Morgan fingerprint density at radius 3 is 2.50 bits per heavy atom. The van der Waals surface area contributed by atoms with Gasteiger partial charge in [-0.25, -0.2) is 8.42 Å². The Kier molecular flexibility index (Phi) is 5.78. The first kappa shape index (κ1) is 15.6. The Morgan fingerprint density at radius 2 is 2.00 bits per heavy atom. The van der Waals surface area contributed by atoms with Crippen molar-refractivity contribution in [2.75, 3.05) is 19.7 Å². The van der Waals surface area contributed by atoms with Crippen molar-refractivity contribution >= 4 is 26.0 Å². The molecular formula is C12H18BrNO3S. The maximum Gasteiger partial charge on any atom is 0.243 e. The molecule has 6 heteroatoms. The van der Waals surface area contributed by atoms with Gasteiger partial charge >= 0.3 is 0 Å². The van der Waals surface area contributed by atoms with E-state index in [-0.39, 0.29) is 18.0 Å². The molecule has 0 heterocycles. The Hall–Kier alpha value is -0.430. The lowest BCUT2D eigenvalue weighted by Crippen LogP contribution is -2.34. The average Bonchev–Trinajstić information content (AvgIpc) is 2.32. The molecule has 0 aliphatic heterocycles. The Labute approximate surface area is 117 Å². The summed E-state index contributed by atoms with van der Waals surface area (Å²) in [5, 5.41) is 8.96. The highest BCUT2D eigenvalue weighted by Crippen LogP contribution is 2.23. The summed E-state index contributed by atoms with van der Waals surface area (Å²) in [5.41, 5.74) is 0.984. The number of sulfonamides is 1. The van der Waals surface area contributed by atoms with Crippen LogP contribution in [0.2, 0.25) is 0 Å². The minimum Gasteiger partial charge on any atom is -0.395 e. The van der Waals surface area contributed by atoms with Gasteiger partial charge in [0.15, 0.2) is 0 Å². The topological polar surface area (TPSA) is 57.6 Å². The third-order valence-electron chi connectivity index (χ3n) is 2.60. The zero-order valence-corrected chi connectivity index (χ0v) is 13.0. The molecule has 102 valence electrons. The summed E-state index contributed by atoms with van der Waals surface area (Å²) in [4.78, 5) is 0.252. The summed E-state index contributed by atoms with van der Waals surface area (Å²) in [6.45, 7) is 4.17. The number of aliphatic hydroxyl groups is 1. The number of aryl methyl sites for hydroxylation is 1. The quantitative estimate of drug-likeness (QED) is 0.866. The van der Waals surface area contributed by atoms with E-state index < -0.39 is 10.0 Å². The van der Waals surface area contributed by atoms with Gasteiger partial charge in [0, 0.05) is 17.6 Å². The van der Waals surface area contributed by atoms with Crippen molar-refractivity contribution in [3.05, 3.63) is 28.2 Å². The number of nitrogens with zero attached hydrogens (tertiary/aromatic N) is 1. The summed E-state index contributed by atoms with van der Waals surface area (Å²) in [6, 6.07) is 4.96. The van der Waals surface area contributed by atoms with Crippen LogP contribution in [0.25, 0.3) is 0 Å². The molecule has 1 aromatic rings. The van der Waals surface area contributed by atoms with Gasteiger partial charge in [-0.3, -0.25) is 0 Å². The van der Waals surface area contributed by atoms with Gasteiger partial charge in [-0.05, 0) is 31.0 Å². The van der Waals surface area contributed by atoms with E-state index in [0.717, 1.165) is 10.0 Å². The summed E-state index contributed by atoms with van der Waals surface area (Å²) in [7, 11) is -3.52. The van der Waals surface area contributed by atoms with Crippen LogP contribution in [-0.4, -0.2) is 37.5 Å². The molecule has 0 aromatic heterocycles. The molecule has 0 atom stereocenters. The second-order valence-corrected chi connectivity index (χ2v) is 6.83. The van der Waals surface area contributed by atoms with Crippen molar-refractivity contribution in [1.29, 1.82) is 0 Å². The molecule has 0 aliphatic rings. The van der Waals surface area contributed by atoms with Crippen LogP contribution in [0.5, 0.6) is 0 Å². The highest BCUT2D eigenvalue weighted by atomic mass is 79.9. The number of hydrogen-bond acceptors (Lipinski definition) is 3. The Morgan fingerprint density at radius 1 is 1.33 bits per heavy atom. The molecule has 0 amide bonds. The van der Waals surface area contributed by atoms with E-state index in [2.05, 4.69) is 15.9 Å². The predicted octanol–water partition coefficient (Wildman–Crippen LogP) is 2.15. The molecular weight excluding hydrogens is 318 g/mol. The van der Waals surface area contributed by atoms with Crippen LogP contribution < -0.4 is 0 Å². The smallest absolute Gasteiger partial charge is 0.243 e. The van der Waals surface area contributed by atoms with Crippen molar-refractivity contribution in [3.63, 3.8) is 0 Å². The van der Waals surface area contributed by atoms with Gasteiger partial charge in [0.05, 0.1) is 11.5 Å². The molecule has 0 radical (unpaired) electrons. The van der Waals surface area contributed by atoms with Gasteiger partial charge in [0.1, 0.15) is 0 Å². The van der Waals surface area contributed by atoms with E-state index in [0.29, 0.717) is 13.0 Å². The number of hydrogen-bond donors (Lipinski definition) is 1. The minimum atomic E-state index is -3.52. The molecule has 0 bridgehead atoms. The van der Waals surface area contributed by atoms with Crippen molar-refractivity contribution in [3.8, 4) is 0 Å². The van der Waals surface area contributed by atoms with Crippen molar-refractivity contribution < 1.29 is 13.5 Å². The van der Waals surface area contributed by atoms with Crippen LogP contribution in [0.1, 0.15) is 18.9 Å². The van der Waals surface area contributed by atoms with Crippen LogP contribution in [0, 0.1) is 6.92 Å². The van der Waals surface area contributed by atoms with E-state index in [1.807, 2.05) is 13.8 Å². The van der Waals surface area contributed by atoms with Crippen molar-refractivity contribution in [2.24, 2.45) is 0 Å². The fraction of sp³-hybridized carbons (Fsp3) is 0.500. The number of rotatable bonds is 6. The fourth-order valence-corrected chi connectivity index (χ4v) is 3.68. The van der Waals surface area contributed by atoms with Crippen LogP contribution in [0.15, 0.2) is 27.6 Å². The summed E-state index contributed by atoms with van der Waals surface area (Å²) in [5.74, 6) is 0. The summed E-state index contributed by atoms with van der Waals surface area (Å²) < 4.78 is 26.8. The van der Waals surface area contributed by atoms with E-state index in [1.54, 1.807) is 18.2 Å². The lowest BCUT2D eigenvalue weighted by Gasteiger charge is -2.20. The molecule has 0 unspecified atom stereocenters. The van der Waals surface area contributed by atoms with E-state index in [4.69, 9.17) is 5.11 Å². The molecule has 1 N–H and O–H groups in total. The maximum absolute atomic E-state index is 12.4. The molecule has 1 rings (SSSR count). The largest absolute Gasteiger partial charge is 0.395 e. The van der Waals surface area contributed by atoms with E-state index >= 15 is 0 Å². The zero-order valence-electron chi connectivity index (χ0n) is 10.6. The molecule has 0 saturated heterocycles.